The average Bonchev–Trinajstić information content (AvgIpc) is 2.26. The van der Waals surface area contributed by atoms with Crippen molar-refractivity contribution in [2.24, 2.45) is 0 Å². The monoisotopic (exact) mass is 225 g/mol. The van der Waals surface area contributed by atoms with Crippen LogP contribution in [0.1, 0.15) is 26.7 Å². The van der Waals surface area contributed by atoms with Crippen LogP contribution in [-0.4, -0.2) is 24.3 Å². The second-order valence-electron chi connectivity index (χ2n) is 3.96. The van der Waals surface area contributed by atoms with E-state index in [4.69, 9.17) is 0 Å². The van der Waals surface area contributed by atoms with Gasteiger partial charge < -0.3 is 10.0 Å². The summed E-state index contributed by atoms with van der Waals surface area (Å²) in [5.74, 6) is -0.235. The number of likely N-dealkylation sites (N-methyl/N-ethyl adjacent to an activating group) is 1. The van der Waals surface area contributed by atoms with Crippen LogP contribution < -0.4 is 4.90 Å². The van der Waals surface area contributed by atoms with Gasteiger partial charge in [-0.1, -0.05) is 19.4 Å². The molecular formula is C13H20FNO. The van der Waals surface area contributed by atoms with E-state index in [1.807, 2.05) is 24.8 Å². The Bertz CT molecular complexity index is 317. The number of anilines is 1. The first-order valence-corrected chi connectivity index (χ1v) is 5.86. The van der Waals surface area contributed by atoms with E-state index in [1.54, 1.807) is 6.07 Å². The van der Waals surface area contributed by atoms with Crippen molar-refractivity contribution in [3.8, 4) is 0 Å². The van der Waals surface area contributed by atoms with Gasteiger partial charge in [0.15, 0.2) is 0 Å². The highest BCUT2D eigenvalue weighted by molar-refractivity contribution is 5.46. The van der Waals surface area contributed by atoms with Crippen molar-refractivity contribution in [3.05, 3.63) is 30.1 Å². The van der Waals surface area contributed by atoms with Crippen molar-refractivity contribution in [1.29, 1.82) is 0 Å². The molecule has 0 saturated carbocycles. The van der Waals surface area contributed by atoms with Crippen LogP contribution in [0.25, 0.3) is 0 Å². The van der Waals surface area contributed by atoms with Crippen LogP contribution in [0.5, 0.6) is 0 Å². The minimum atomic E-state index is -0.340. The number of rotatable bonds is 6. The first kappa shape index (κ1) is 13.0. The van der Waals surface area contributed by atoms with Crippen LogP contribution in [0.3, 0.4) is 0 Å². The molecule has 2 nitrogen and oxygen atoms in total. The van der Waals surface area contributed by atoms with Crippen molar-refractivity contribution in [2.75, 3.05) is 18.0 Å². The lowest BCUT2D eigenvalue weighted by molar-refractivity contribution is 0.169. The smallest absolute Gasteiger partial charge is 0.125 e. The summed E-state index contributed by atoms with van der Waals surface area (Å²) in [5.41, 5.74) is 0.831. The maximum absolute atomic E-state index is 13.1. The van der Waals surface area contributed by atoms with Crippen LogP contribution in [0.2, 0.25) is 0 Å². The van der Waals surface area contributed by atoms with Gasteiger partial charge >= 0.3 is 0 Å². The summed E-state index contributed by atoms with van der Waals surface area (Å²) in [6.45, 7) is 5.38. The maximum Gasteiger partial charge on any atom is 0.125 e. The first-order chi connectivity index (χ1) is 7.67. The van der Waals surface area contributed by atoms with Gasteiger partial charge in [0.25, 0.3) is 0 Å². The normalized spacial score (nSPS) is 12.5. The second-order valence-corrected chi connectivity index (χ2v) is 3.96. The van der Waals surface area contributed by atoms with Crippen molar-refractivity contribution in [2.45, 2.75) is 32.8 Å². The van der Waals surface area contributed by atoms with Crippen LogP contribution >= 0.6 is 0 Å². The molecule has 1 atom stereocenters. The van der Waals surface area contributed by atoms with Gasteiger partial charge in [-0.3, -0.25) is 0 Å². The molecule has 1 aromatic carbocycles. The van der Waals surface area contributed by atoms with E-state index in [-0.39, 0.29) is 11.9 Å². The molecule has 0 aromatic heterocycles. The topological polar surface area (TPSA) is 23.5 Å². The molecule has 1 aromatic rings. The molecular weight excluding hydrogens is 205 g/mol. The molecule has 90 valence electrons. The van der Waals surface area contributed by atoms with E-state index in [9.17, 15) is 9.50 Å². The standard InChI is InChI=1S/C13H20FNO/c1-3-6-13(16)10-15(4-2)12-8-5-7-11(14)9-12/h5,7-9,13,16H,3-4,6,10H2,1-2H3. The van der Waals surface area contributed by atoms with Crippen molar-refractivity contribution in [1.82, 2.24) is 0 Å². The molecule has 1 N–H and O–H groups in total. The Morgan fingerprint density at radius 3 is 2.69 bits per heavy atom. The van der Waals surface area contributed by atoms with Gasteiger partial charge in [0.2, 0.25) is 0 Å². The van der Waals surface area contributed by atoms with E-state index >= 15 is 0 Å². The van der Waals surface area contributed by atoms with Gasteiger partial charge in [-0.15, -0.1) is 0 Å². The Labute approximate surface area is 96.7 Å². The molecule has 1 unspecified atom stereocenters. The number of aliphatic hydroxyl groups is 1. The Kier molecular flexibility index (Phi) is 5.26. The first-order valence-electron chi connectivity index (χ1n) is 5.86. The van der Waals surface area contributed by atoms with Crippen molar-refractivity contribution in [3.63, 3.8) is 0 Å². The molecule has 0 spiro atoms. The Morgan fingerprint density at radius 1 is 1.38 bits per heavy atom. The lowest BCUT2D eigenvalue weighted by atomic mass is 10.2. The van der Waals surface area contributed by atoms with Crippen LogP contribution in [-0.2, 0) is 0 Å². The van der Waals surface area contributed by atoms with Crippen molar-refractivity contribution >= 4 is 5.69 Å². The number of aliphatic hydroxyl groups excluding tert-OH is 1. The van der Waals surface area contributed by atoms with E-state index < -0.39 is 0 Å². The fourth-order valence-electron chi connectivity index (χ4n) is 1.77. The summed E-state index contributed by atoms with van der Waals surface area (Å²) in [6, 6.07) is 6.49. The lowest BCUT2D eigenvalue weighted by Gasteiger charge is -2.25. The van der Waals surface area contributed by atoms with Gasteiger partial charge in [0, 0.05) is 18.8 Å². The van der Waals surface area contributed by atoms with Crippen LogP contribution in [0, 0.1) is 5.82 Å². The molecule has 1 rings (SSSR count). The van der Waals surface area contributed by atoms with E-state index in [1.165, 1.54) is 12.1 Å². The third-order valence-corrected chi connectivity index (χ3v) is 2.61. The Morgan fingerprint density at radius 2 is 2.12 bits per heavy atom. The molecule has 0 fully saturated rings. The second kappa shape index (κ2) is 6.48. The fourth-order valence-corrected chi connectivity index (χ4v) is 1.77. The highest BCUT2D eigenvalue weighted by Gasteiger charge is 2.10. The Balaban J connectivity index is 2.67. The molecule has 0 saturated heterocycles. The molecule has 0 heterocycles. The average molecular weight is 225 g/mol. The summed E-state index contributed by atoms with van der Waals surface area (Å²) in [7, 11) is 0. The highest BCUT2D eigenvalue weighted by Crippen LogP contribution is 2.16. The van der Waals surface area contributed by atoms with Gasteiger partial charge in [0.05, 0.1) is 6.10 Å². The minimum absolute atomic E-state index is 0.235. The van der Waals surface area contributed by atoms with Crippen LogP contribution in [0.4, 0.5) is 10.1 Å². The third-order valence-electron chi connectivity index (χ3n) is 2.61. The van der Waals surface area contributed by atoms with Gasteiger partial charge in [0.1, 0.15) is 5.82 Å². The molecule has 0 radical (unpaired) electrons. The zero-order chi connectivity index (χ0) is 12.0. The number of hydrogen-bond donors (Lipinski definition) is 1. The summed E-state index contributed by atoms with van der Waals surface area (Å²) in [6.07, 6.45) is 1.40. The maximum atomic E-state index is 13.1. The highest BCUT2D eigenvalue weighted by atomic mass is 19.1. The van der Waals surface area contributed by atoms with E-state index in [2.05, 4.69) is 0 Å². The summed E-state index contributed by atoms with van der Waals surface area (Å²) >= 11 is 0. The summed E-state index contributed by atoms with van der Waals surface area (Å²) in [4.78, 5) is 1.99. The molecule has 16 heavy (non-hydrogen) atoms. The number of benzene rings is 1. The molecule has 0 aliphatic carbocycles. The predicted octanol–water partition coefficient (Wildman–Crippen LogP) is 2.81. The molecule has 0 amide bonds. The van der Waals surface area contributed by atoms with E-state index in [0.29, 0.717) is 6.54 Å². The SMILES string of the molecule is CCCC(O)CN(CC)c1cccc(F)c1. The molecule has 0 aliphatic heterocycles. The molecule has 0 aliphatic rings. The lowest BCUT2D eigenvalue weighted by Crippen LogP contribution is -2.32. The minimum Gasteiger partial charge on any atom is -0.391 e. The Hall–Kier alpha value is -1.09. The number of hydrogen-bond acceptors (Lipinski definition) is 2. The van der Waals surface area contributed by atoms with E-state index in [0.717, 1.165) is 25.1 Å². The van der Waals surface area contributed by atoms with Gasteiger partial charge in [-0.25, -0.2) is 4.39 Å². The van der Waals surface area contributed by atoms with Crippen molar-refractivity contribution < 1.29 is 9.50 Å². The predicted molar refractivity (Wildman–Crippen MR) is 65.2 cm³/mol. The largest absolute Gasteiger partial charge is 0.391 e. The van der Waals surface area contributed by atoms with Gasteiger partial charge in [-0.05, 0) is 31.5 Å². The number of halogens is 1. The fraction of sp³-hybridized carbons (Fsp3) is 0.538. The third kappa shape index (κ3) is 3.81. The molecule has 0 bridgehead atoms. The summed E-state index contributed by atoms with van der Waals surface area (Å²) < 4.78 is 13.1. The van der Waals surface area contributed by atoms with Gasteiger partial charge in [-0.2, -0.15) is 0 Å². The number of nitrogens with zero attached hydrogens (tertiary/aromatic N) is 1. The zero-order valence-electron chi connectivity index (χ0n) is 9.99. The molecule has 3 heteroatoms. The summed E-state index contributed by atoms with van der Waals surface area (Å²) in [5, 5.41) is 9.75. The quantitative estimate of drug-likeness (QED) is 0.804. The zero-order valence-corrected chi connectivity index (χ0v) is 9.99. The van der Waals surface area contributed by atoms with Crippen LogP contribution in [0.15, 0.2) is 24.3 Å².